The number of benzene rings is 2. The Morgan fingerprint density at radius 1 is 1.05 bits per heavy atom. The molecule has 3 atom stereocenters. The van der Waals surface area contributed by atoms with E-state index < -0.39 is 41.0 Å². The highest BCUT2D eigenvalue weighted by Gasteiger charge is 2.45. The van der Waals surface area contributed by atoms with Gasteiger partial charge in [0.05, 0.1) is 49.1 Å². The number of halogens is 6. The van der Waals surface area contributed by atoms with Crippen LogP contribution in [0.1, 0.15) is 48.1 Å². The average molecular weight is 631 g/mol. The van der Waals surface area contributed by atoms with Crippen LogP contribution in [0.25, 0.3) is 0 Å². The third kappa shape index (κ3) is 8.21. The molecule has 0 bridgehead atoms. The molecule has 2 fully saturated rings. The molecule has 44 heavy (non-hydrogen) atoms. The molecule has 242 valence electrons. The lowest BCUT2D eigenvalue weighted by Crippen LogP contribution is -2.58. The van der Waals surface area contributed by atoms with Crippen LogP contribution in [0.3, 0.4) is 0 Å². The van der Waals surface area contributed by atoms with Gasteiger partial charge in [0.25, 0.3) is 0 Å². The smallest absolute Gasteiger partial charge is 0.378 e. The quantitative estimate of drug-likeness (QED) is 0.383. The summed E-state index contributed by atoms with van der Waals surface area (Å²) in [6.07, 6.45) is -10.1. The minimum atomic E-state index is -4.99. The zero-order valence-corrected chi connectivity index (χ0v) is 24.2. The number of morpholine rings is 1. The van der Waals surface area contributed by atoms with E-state index >= 15 is 0 Å². The van der Waals surface area contributed by atoms with Gasteiger partial charge in [0.2, 0.25) is 5.91 Å². The van der Waals surface area contributed by atoms with Crippen LogP contribution < -0.4 is 11.1 Å². The molecule has 0 saturated carbocycles. The van der Waals surface area contributed by atoms with Crippen molar-refractivity contribution < 1.29 is 45.4 Å². The van der Waals surface area contributed by atoms with E-state index in [1.165, 1.54) is 6.92 Å². The van der Waals surface area contributed by atoms with Crippen LogP contribution in [0.4, 0.5) is 31.1 Å². The highest BCUT2D eigenvalue weighted by atomic mass is 19.4. The number of nitrogens with zero attached hydrogens (tertiary/aromatic N) is 2. The van der Waals surface area contributed by atoms with Crippen molar-refractivity contribution in [3.63, 3.8) is 0 Å². The maximum atomic E-state index is 13.5. The molecular formula is C30H36F6N4O4. The van der Waals surface area contributed by atoms with E-state index in [-0.39, 0.29) is 36.7 Å². The molecule has 0 spiro atoms. The van der Waals surface area contributed by atoms with Crippen molar-refractivity contribution in [1.82, 2.24) is 15.1 Å². The first-order valence-electron chi connectivity index (χ1n) is 14.3. The van der Waals surface area contributed by atoms with E-state index in [9.17, 15) is 35.9 Å². The molecule has 3 amide bonds. The van der Waals surface area contributed by atoms with E-state index in [0.717, 1.165) is 5.56 Å². The number of hydrogen-bond donors (Lipinski definition) is 2. The van der Waals surface area contributed by atoms with Crippen molar-refractivity contribution in [2.24, 2.45) is 11.7 Å². The summed E-state index contributed by atoms with van der Waals surface area (Å²) >= 11 is 0. The molecule has 0 unspecified atom stereocenters. The molecule has 4 rings (SSSR count). The maximum Gasteiger partial charge on any atom is 0.416 e. The van der Waals surface area contributed by atoms with Crippen LogP contribution in [0.2, 0.25) is 0 Å². The minimum absolute atomic E-state index is 0.0635. The monoisotopic (exact) mass is 630 g/mol. The lowest BCUT2D eigenvalue weighted by atomic mass is 9.77. The van der Waals surface area contributed by atoms with Crippen LogP contribution in [-0.2, 0) is 32.2 Å². The number of nitrogens with two attached hydrogens (primary N) is 1. The van der Waals surface area contributed by atoms with E-state index in [1.807, 2.05) is 17.0 Å². The molecule has 14 heteroatoms. The number of amides is 3. The Morgan fingerprint density at radius 3 is 2.23 bits per heavy atom. The summed E-state index contributed by atoms with van der Waals surface area (Å²) in [7, 11) is 0. The number of rotatable bonds is 9. The highest BCUT2D eigenvalue weighted by Crippen LogP contribution is 2.42. The molecule has 2 heterocycles. The number of urea groups is 1. The molecule has 2 aliphatic heterocycles. The summed E-state index contributed by atoms with van der Waals surface area (Å²) in [6.45, 7) is 3.61. The highest BCUT2D eigenvalue weighted by molar-refractivity contribution is 5.76. The number of piperidine rings is 1. The number of carbonyl (C=O) groups is 2. The number of hydrogen-bond acceptors (Lipinski definition) is 5. The second kappa shape index (κ2) is 13.7. The number of nitrogens with one attached hydrogen (secondary N) is 1. The molecule has 0 aliphatic carbocycles. The fourth-order valence-corrected chi connectivity index (χ4v) is 5.75. The Labute approximate surface area is 251 Å². The van der Waals surface area contributed by atoms with Gasteiger partial charge in [-0.25, -0.2) is 4.79 Å². The van der Waals surface area contributed by atoms with Gasteiger partial charge in [0.15, 0.2) is 0 Å². The van der Waals surface area contributed by atoms with Gasteiger partial charge in [-0.1, -0.05) is 30.3 Å². The van der Waals surface area contributed by atoms with E-state index in [1.54, 1.807) is 23.1 Å². The van der Waals surface area contributed by atoms with Gasteiger partial charge < -0.3 is 25.4 Å². The first-order valence-corrected chi connectivity index (χ1v) is 14.3. The van der Waals surface area contributed by atoms with Crippen molar-refractivity contribution in [1.29, 1.82) is 0 Å². The van der Waals surface area contributed by atoms with Crippen molar-refractivity contribution in [3.8, 4) is 0 Å². The van der Waals surface area contributed by atoms with E-state index in [0.29, 0.717) is 64.4 Å². The van der Waals surface area contributed by atoms with Gasteiger partial charge in [0, 0.05) is 26.2 Å². The molecule has 2 saturated heterocycles. The fraction of sp³-hybridized carbons (Fsp3) is 0.533. The minimum Gasteiger partial charge on any atom is -0.378 e. The molecule has 0 radical (unpaired) electrons. The topological polar surface area (TPSA) is 97.1 Å². The predicted octanol–water partition coefficient (Wildman–Crippen LogP) is 4.94. The summed E-state index contributed by atoms with van der Waals surface area (Å²) in [6, 6.07) is 10.2. The van der Waals surface area contributed by atoms with Crippen LogP contribution in [-0.4, -0.2) is 74.3 Å². The van der Waals surface area contributed by atoms with Gasteiger partial charge >= 0.3 is 18.4 Å². The molecule has 2 aromatic carbocycles. The number of primary amides is 1. The standard InChI is InChI=1S/C30H36F6N4O4/c1-20(22-13-24(29(31,32)33)15-25(14-22)30(34,35)36)44-19-28(23-5-3-2-4-6-23)8-7-21(17-40(28)18-26(37)41)16-38-27(42)39-9-11-43-12-10-39/h2-6,13-15,20-21H,7-12,16-19H2,1H3,(H2,37,41)(H,38,42)/t20-,21-,28-/m1/s1. The summed E-state index contributed by atoms with van der Waals surface area (Å²) in [5.41, 5.74) is 2.28. The third-order valence-corrected chi connectivity index (χ3v) is 8.20. The Hall–Kier alpha value is -3.36. The first-order chi connectivity index (χ1) is 20.7. The summed E-state index contributed by atoms with van der Waals surface area (Å²) in [4.78, 5) is 28.4. The molecule has 3 N–H and O–H groups in total. The SMILES string of the molecule is C[C@@H](OC[C@@]1(c2ccccc2)CC[C@H](CNC(=O)N2CCOCC2)CN1CC(N)=O)c1cc(C(F)(F)F)cc(C(F)(F)F)c1. The van der Waals surface area contributed by atoms with Gasteiger partial charge in [-0.3, -0.25) is 9.69 Å². The average Bonchev–Trinajstić information content (AvgIpc) is 2.99. The van der Waals surface area contributed by atoms with Gasteiger partial charge in [-0.2, -0.15) is 26.3 Å². The van der Waals surface area contributed by atoms with Gasteiger partial charge in [-0.05, 0) is 55.0 Å². The zero-order valence-electron chi connectivity index (χ0n) is 24.2. The number of alkyl halides is 6. The van der Waals surface area contributed by atoms with Crippen LogP contribution in [0, 0.1) is 5.92 Å². The Balaban J connectivity index is 1.57. The number of ether oxygens (including phenoxy) is 2. The van der Waals surface area contributed by atoms with Gasteiger partial charge in [0.1, 0.15) is 0 Å². The van der Waals surface area contributed by atoms with Crippen LogP contribution in [0.5, 0.6) is 0 Å². The Kier molecular flexibility index (Phi) is 10.5. The summed E-state index contributed by atoms with van der Waals surface area (Å²) < 4.78 is 92.3. The van der Waals surface area contributed by atoms with Crippen molar-refractivity contribution in [2.45, 2.75) is 43.8 Å². The molecule has 2 aromatic rings. The Morgan fingerprint density at radius 2 is 1.66 bits per heavy atom. The fourth-order valence-electron chi connectivity index (χ4n) is 5.75. The first kappa shape index (κ1) is 33.5. The molecular weight excluding hydrogens is 594 g/mol. The second-order valence-electron chi connectivity index (χ2n) is 11.2. The van der Waals surface area contributed by atoms with E-state index in [2.05, 4.69) is 5.32 Å². The lowest BCUT2D eigenvalue weighted by Gasteiger charge is -2.50. The maximum absolute atomic E-state index is 13.5. The predicted molar refractivity (Wildman–Crippen MR) is 148 cm³/mol. The van der Waals surface area contributed by atoms with E-state index in [4.69, 9.17) is 15.2 Å². The summed E-state index contributed by atoms with van der Waals surface area (Å²) in [5, 5.41) is 2.94. The normalized spacial score (nSPS) is 22.4. The number of likely N-dealkylation sites (tertiary alicyclic amines) is 1. The van der Waals surface area contributed by atoms with Crippen molar-refractivity contribution in [2.75, 3.05) is 52.5 Å². The lowest BCUT2D eigenvalue weighted by molar-refractivity contribution is -0.143. The Bertz CT molecular complexity index is 1250. The van der Waals surface area contributed by atoms with Crippen LogP contribution >= 0.6 is 0 Å². The summed E-state index contributed by atoms with van der Waals surface area (Å²) in [5.74, 6) is -0.685. The largest absolute Gasteiger partial charge is 0.416 e. The molecule has 8 nitrogen and oxygen atoms in total. The van der Waals surface area contributed by atoms with Crippen LogP contribution in [0.15, 0.2) is 48.5 Å². The third-order valence-electron chi connectivity index (χ3n) is 8.20. The zero-order chi connectivity index (χ0) is 32.1. The molecule has 2 aliphatic rings. The second-order valence-corrected chi connectivity index (χ2v) is 11.2. The van der Waals surface area contributed by atoms with Crippen molar-refractivity contribution in [3.05, 3.63) is 70.8 Å². The van der Waals surface area contributed by atoms with Crippen molar-refractivity contribution >= 4 is 11.9 Å². The van der Waals surface area contributed by atoms with Gasteiger partial charge in [-0.15, -0.1) is 0 Å². The number of carbonyl (C=O) groups excluding carboxylic acids is 2. The molecule has 0 aromatic heterocycles.